The number of pyridine rings is 1. The van der Waals surface area contributed by atoms with E-state index in [0.29, 0.717) is 12.2 Å². The summed E-state index contributed by atoms with van der Waals surface area (Å²) in [5, 5.41) is 3.82. The highest BCUT2D eigenvalue weighted by Crippen LogP contribution is 2.25. The molecule has 2 N–H and O–H groups in total. The summed E-state index contributed by atoms with van der Waals surface area (Å²) in [5.74, 6) is 0.575. The van der Waals surface area contributed by atoms with Crippen molar-refractivity contribution in [2.75, 3.05) is 7.11 Å². The zero-order valence-electron chi connectivity index (χ0n) is 11.6. The van der Waals surface area contributed by atoms with Crippen LogP contribution in [0, 0.1) is 0 Å². The second-order valence-corrected chi connectivity index (χ2v) is 4.65. The number of H-pyrrole nitrogens is 1. The van der Waals surface area contributed by atoms with Crippen LogP contribution in [0.4, 0.5) is 0 Å². The Morgan fingerprint density at radius 3 is 2.86 bits per heavy atom. The zero-order chi connectivity index (χ0) is 14.7. The largest absolute Gasteiger partial charge is 0.495 e. The maximum atomic E-state index is 12.2. The maximum absolute atomic E-state index is 12.2. The molecule has 0 saturated heterocycles. The van der Waals surface area contributed by atoms with Crippen molar-refractivity contribution in [1.82, 2.24) is 15.3 Å². The molecule has 2 heterocycles. The lowest BCUT2D eigenvalue weighted by Crippen LogP contribution is -2.23. The second-order valence-electron chi connectivity index (χ2n) is 4.65. The molecule has 0 unspecified atom stereocenters. The molecule has 3 aromatic rings. The van der Waals surface area contributed by atoms with Crippen molar-refractivity contribution in [1.29, 1.82) is 0 Å². The van der Waals surface area contributed by atoms with Crippen molar-refractivity contribution in [3.8, 4) is 5.75 Å². The van der Waals surface area contributed by atoms with E-state index >= 15 is 0 Å². The summed E-state index contributed by atoms with van der Waals surface area (Å²) in [6.07, 6.45) is 3.41. The Morgan fingerprint density at radius 1 is 1.29 bits per heavy atom. The molecule has 0 aliphatic carbocycles. The van der Waals surface area contributed by atoms with Gasteiger partial charge in [0.25, 0.3) is 5.91 Å². The molecular weight excluding hydrogens is 266 g/mol. The highest BCUT2D eigenvalue weighted by Gasteiger charge is 2.11. The first-order chi connectivity index (χ1) is 10.3. The van der Waals surface area contributed by atoms with E-state index in [1.165, 1.54) is 0 Å². The number of rotatable bonds is 4. The van der Waals surface area contributed by atoms with Crippen molar-refractivity contribution >= 4 is 16.8 Å². The van der Waals surface area contributed by atoms with Gasteiger partial charge in [-0.15, -0.1) is 0 Å². The van der Waals surface area contributed by atoms with Crippen LogP contribution in [0.15, 0.2) is 48.8 Å². The van der Waals surface area contributed by atoms with Gasteiger partial charge in [-0.25, -0.2) is 0 Å². The van der Waals surface area contributed by atoms with Crippen LogP contribution in [0.5, 0.6) is 5.75 Å². The summed E-state index contributed by atoms with van der Waals surface area (Å²) in [5.41, 5.74) is 2.35. The molecule has 3 rings (SSSR count). The van der Waals surface area contributed by atoms with Crippen LogP contribution in [0.1, 0.15) is 16.1 Å². The molecule has 21 heavy (non-hydrogen) atoms. The minimum absolute atomic E-state index is 0.148. The molecule has 5 nitrogen and oxygen atoms in total. The normalized spacial score (nSPS) is 10.5. The van der Waals surface area contributed by atoms with E-state index in [9.17, 15) is 4.79 Å². The molecule has 1 aromatic carbocycles. The molecule has 0 fully saturated rings. The molecule has 0 aliphatic rings. The number of aromatic amines is 1. The van der Waals surface area contributed by atoms with Gasteiger partial charge in [0.05, 0.1) is 12.6 Å². The number of methoxy groups -OCH3 is 1. The molecule has 5 heteroatoms. The van der Waals surface area contributed by atoms with Gasteiger partial charge < -0.3 is 15.0 Å². The Bertz CT molecular complexity index is 766. The van der Waals surface area contributed by atoms with Gasteiger partial charge >= 0.3 is 0 Å². The van der Waals surface area contributed by atoms with Crippen LogP contribution >= 0.6 is 0 Å². The lowest BCUT2D eigenvalue weighted by atomic mass is 10.2. The van der Waals surface area contributed by atoms with E-state index in [1.807, 2.05) is 36.4 Å². The molecule has 0 saturated carbocycles. The molecule has 0 atom stereocenters. The van der Waals surface area contributed by atoms with Crippen LogP contribution in [0.3, 0.4) is 0 Å². The van der Waals surface area contributed by atoms with Crippen molar-refractivity contribution in [2.45, 2.75) is 6.54 Å². The lowest BCUT2D eigenvalue weighted by Gasteiger charge is -2.03. The molecular formula is C16H15N3O2. The highest BCUT2D eigenvalue weighted by atomic mass is 16.5. The average molecular weight is 281 g/mol. The van der Waals surface area contributed by atoms with Gasteiger partial charge in [-0.2, -0.15) is 0 Å². The first kappa shape index (κ1) is 13.2. The SMILES string of the molecule is COc1cccc2cc(C(=O)NCc3ccncc3)[nH]c12. The fraction of sp³-hybridized carbons (Fsp3) is 0.125. The van der Waals surface area contributed by atoms with E-state index < -0.39 is 0 Å². The van der Waals surface area contributed by atoms with E-state index in [4.69, 9.17) is 4.74 Å². The summed E-state index contributed by atoms with van der Waals surface area (Å²) in [6, 6.07) is 11.3. The van der Waals surface area contributed by atoms with Crippen LogP contribution in [-0.4, -0.2) is 23.0 Å². The van der Waals surface area contributed by atoms with E-state index in [0.717, 1.165) is 22.2 Å². The first-order valence-electron chi connectivity index (χ1n) is 6.61. The number of hydrogen-bond donors (Lipinski definition) is 2. The number of carbonyl (C=O) groups is 1. The third-order valence-corrected chi connectivity index (χ3v) is 3.28. The van der Waals surface area contributed by atoms with Crippen LogP contribution in [-0.2, 0) is 6.54 Å². The van der Waals surface area contributed by atoms with Crippen molar-refractivity contribution < 1.29 is 9.53 Å². The molecule has 106 valence electrons. The van der Waals surface area contributed by atoms with E-state index in [2.05, 4.69) is 15.3 Å². The van der Waals surface area contributed by atoms with Gasteiger partial charge in [-0.05, 0) is 29.8 Å². The molecule has 0 spiro atoms. The van der Waals surface area contributed by atoms with Crippen LogP contribution in [0.25, 0.3) is 10.9 Å². The number of nitrogens with zero attached hydrogens (tertiary/aromatic N) is 1. The smallest absolute Gasteiger partial charge is 0.267 e. The first-order valence-corrected chi connectivity index (χ1v) is 6.61. The van der Waals surface area contributed by atoms with Gasteiger partial charge in [0.15, 0.2) is 0 Å². The number of fused-ring (bicyclic) bond motifs is 1. The fourth-order valence-corrected chi connectivity index (χ4v) is 2.20. The maximum Gasteiger partial charge on any atom is 0.267 e. The van der Waals surface area contributed by atoms with Gasteiger partial charge in [0.2, 0.25) is 0 Å². The van der Waals surface area contributed by atoms with Crippen LogP contribution in [0.2, 0.25) is 0 Å². The zero-order valence-corrected chi connectivity index (χ0v) is 11.6. The van der Waals surface area contributed by atoms with Crippen molar-refractivity contribution in [2.24, 2.45) is 0 Å². The second kappa shape index (κ2) is 5.66. The molecule has 0 bridgehead atoms. The summed E-state index contributed by atoms with van der Waals surface area (Å²) < 4.78 is 5.28. The minimum atomic E-state index is -0.148. The quantitative estimate of drug-likeness (QED) is 0.772. The van der Waals surface area contributed by atoms with Gasteiger partial charge in [0.1, 0.15) is 11.4 Å². The monoisotopic (exact) mass is 281 g/mol. The van der Waals surface area contributed by atoms with E-state index in [1.54, 1.807) is 19.5 Å². The van der Waals surface area contributed by atoms with Crippen LogP contribution < -0.4 is 10.1 Å². The molecule has 1 amide bonds. The number of nitrogens with one attached hydrogen (secondary N) is 2. The summed E-state index contributed by atoms with van der Waals surface area (Å²) >= 11 is 0. The molecule has 0 radical (unpaired) electrons. The Labute approximate surface area is 122 Å². The van der Waals surface area contributed by atoms with E-state index in [-0.39, 0.29) is 5.91 Å². The third kappa shape index (κ3) is 2.72. The Morgan fingerprint density at radius 2 is 2.10 bits per heavy atom. The number of ether oxygens (including phenoxy) is 1. The summed E-state index contributed by atoms with van der Waals surface area (Å²) in [4.78, 5) is 19.2. The standard InChI is InChI=1S/C16H15N3O2/c1-21-14-4-2-3-12-9-13(19-15(12)14)16(20)18-10-11-5-7-17-8-6-11/h2-9,19H,10H2,1H3,(H,18,20). The van der Waals surface area contributed by atoms with Crippen molar-refractivity contribution in [3.63, 3.8) is 0 Å². The van der Waals surface area contributed by atoms with Gasteiger partial charge in [-0.3, -0.25) is 9.78 Å². The Balaban J connectivity index is 1.79. The fourth-order valence-electron chi connectivity index (χ4n) is 2.20. The molecule has 2 aromatic heterocycles. The number of amides is 1. The lowest BCUT2D eigenvalue weighted by molar-refractivity contribution is 0.0946. The average Bonchev–Trinajstić information content (AvgIpc) is 2.97. The summed E-state index contributed by atoms with van der Waals surface area (Å²) in [7, 11) is 1.61. The number of hydrogen-bond acceptors (Lipinski definition) is 3. The predicted octanol–water partition coefficient (Wildman–Crippen LogP) is 2.50. The summed E-state index contributed by atoms with van der Waals surface area (Å²) in [6.45, 7) is 0.466. The predicted molar refractivity (Wildman–Crippen MR) is 80.3 cm³/mol. The number of aromatic nitrogens is 2. The number of para-hydroxylation sites is 1. The Kier molecular flexibility index (Phi) is 3.55. The topological polar surface area (TPSA) is 67.0 Å². The van der Waals surface area contributed by atoms with Gasteiger partial charge in [-0.1, -0.05) is 12.1 Å². The minimum Gasteiger partial charge on any atom is -0.495 e. The molecule has 0 aliphatic heterocycles. The van der Waals surface area contributed by atoms with Gasteiger partial charge in [0, 0.05) is 24.3 Å². The third-order valence-electron chi connectivity index (χ3n) is 3.28. The Hall–Kier alpha value is -2.82. The highest BCUT2D eigenvalue weighted by molar-refractivity contribution is 5.99. The number of carbonyl (C=O) groups excluding carboxylic acids is 1. The van der Waals surface area contributed by atoms with Crippen molar-refractivity contribution in [3.05, 3.63) is 60.0 Å². The number of benzene rings is 1.